The van der Waals surface area contributed by atoms with Crippen LogP contribution in [0.2, 0.25) is 0 Å². The molecule has 0 aliphatic carbocycles. The Morgan fingerprint density at radius 1 is 1.67 bits per heavy atom. The van der Waals surface area contributed by atoms with E-state index in [0.717, 1.165) is 0 Å². The van der Waals surface area contributed by atoms with Crippen molar-refractivity contribution in [2.75, 3.05) is 13.2 Å². The fourth-order valence-electron chi connectivity index (χ4n) is 1.29. The number of ether oxygens (including phenoxy) is 2. The summed E-state index contributed by atoms with van der Waals surface area (Å²) in [6.07, 6.45) is 0.535. The molecule has 3 N–H and O–H groups in total. The van der Waals surface area contributed by atoms with Crippen LogP contribution in [-0.4, -0.2) is 29.4 Å². The molecule has 6 nitrogen and oxygen atoms in total. The molecule has 0 atom stereocenters. The SMILES string of the molecule is NC(=O)Oc1ccnc(C2(O)COC2)c1. The van der Waals surface area contributed by atoms with E-state index >= 15 is 0 Å². The summed E-state index contributed by atoms with van der Waals surface area (Å²) < 4.78 is 9.56. The molecular weight excluding hydrogens is 200 g/mol. The van der Waals surface area contributed by atoms with Gasteiger partial charge in [0.05, 0.1) is 18.9 Å². The van der Waals surface area contributed by atoms with Gasteiger partial charge in [0.2, 0.25) is 0 Å². The number of carbonyl (C=O) groups is 1. The lowest BCUT2D eigenvalue weighted by molar-refractivity contribution is -0.186. The largest absolute Gasteiger partial charge is 0.410 e. The number of aliphatic hydroxyl groups is 1. The fourth-order valence-corrected chi connectivity index (χ4v) is 1.29. The third-order valence-electron chi connectivity index (χ3n) is 2.11. The van der Waals surface area contributed by atoms with Gasteiger partial charge in [0.1, 0.15) is 5.75 Å². The first-order chi connectivity index (χ1) is 7.10. The van der Waals surface area contributed by atoms with Gasteiger partial charge in [-0.1, -0.05) is 0 Å². The molecule has 1 saturated heterocycles. The van der Waals surface area contributed by atoms with Crippen molar-refractivity contribution in [2.45, 2.75) is 5.60 Å². The maximum Gasteiger partial charge on any atom is 0.409 e. The van der Waals surface area contributed by atoms with Crippen LogP contribution in [-0.2, 0) is 10.3 Å². The molecule has 80 valence electrons. The Bertz CT molecular complexity index is 389. The van der Waals surface area contributed by atoms with Crippen molar-refractivity contribution in [3.05, 3.63) is 24.0 Å². The molecule has 2 heterocycles. The third kappa shape index (κ3) is 1.90. The van der Waals surface area contributed by atoms with E-state index in [4.69, 9.17) is 10.5 Å². The van der Waals surface area contributed by atoms with E-state index < -0.39 is 11.7 Å². The van der Waals surface area contributed by atoms with Gasteiger partial charge in [-0.2, -0.15) is 0 Å². The molecule has 0 radical (unpaired) electrons. The minimum absolute atomic E-state index is 0.194. The molecule has 0 bridgehead atoms. The summed E-state index contributed by atoms with van der Waals surface area (Å²) in [6, 6.07) is 2.95. The smallest absolute Gasteiger partial charge is 0.409 e. The number of aromatic nitrogens is 1. The number of rotatable bonds is 2. The van der Waals surface area contributed by atoms with Crippen molar-refractivity contribution in [2.24, 2.45) is 5.73 Å². The Kier molecular flexibility index (Phi) is 2.29. The predicted octanol–water partition coefficient (Wildman–Crippen LogP) is -0.243. The van der Waals surface area contributed by atoms with E-state index in [9.17, 15) is 9.90 Å². The van der Waals surface area contributed by atoms with Crippen LogP contribution in [0.3, 0.4) is 0 Å². The van der Waals surface area contributed by atoms with Gasteiger partial charge in [0, 0.05) is 12.3 Å². The van der Waals surface area contributed by atoms with Crippen LogP contribution >= 0.6 is 0 Å². The lowest BCUT2D eigenvalue weighted by atomic mass is 9.97. The third-order valence-corrected chi connectivity index (χ3v) is 2.11. The first-order valence-electron chi connectivity index (χ1n) is 4.34. The second-order valence-electron chi connectivity index (χ2n) is 3.32. The van der Waals surface area contributed by atoms with E-state index in [1.807, 2.05) is 0 Å². The molecular formula is C9H10N2O4. The van der Waals surface area contributed by atoms with E-state index in [-0.39, 0.29) is 19.0 Å². The van der Waals surface area contributed by atoms with Crippen LogP contribution in [0.4, 0.5) is 4.79 Å². The maximum absolute atomic E-state index is 10.5. The molecule has 1 amide bonds. The quantitative estimate of drug-likeness (QED) is 0.702. The van der Waals surface area contributed by atoms with E-state index in [0.29, 0.717) is 5.69 Å². The van der Waals surface area contributed by atoms with Crippen LogP contribution in [0.1, 0.15) is 5.69 Å². The number of pyridine rings is 1. The van der Waals surface area contributed by atoms with Crippen molar-refractivity contribution >= 4 is 6.09 Å². The zero-order valence-electron chi connectivity index (χ0n) is 7.84. The standard InChI is InChI=1S/C9H10N2O4/c10-8(12)15-6-1-2-11-7(3-6)9(13)4-14-5-9/h1-3,13H,4-5H2,(H2,10,12). The van der Waals surface area contributed by atoms with Gasteiger partial charge in [0.25, 0.3) is 0 Å². The first-order valence-corrected chi connectivity index (χ1v) is 4.34. The number of hydrogen-bond acceptors (Lipinski definition) is 5. The van der Waals surface area contributed by atoms with Crippen molar-refractivity contribution < 1.29 is 19.4 Å². The fraction of sp³-hybridized carbons (Fsp3) is 0.333. The molecule has 1 aliphatic rings. The summed E-state index contributed by atoms with van der Waals surface area (Å²) in [5.74, 6) is 0.257. The lowest BCUT2D eigenvalue weighted by Gasteiger charge is -2.35. The molecule has 6 heteroatoms. The highest BCUT2D eigenvalue weighted by Gasteiger charge is 2.39. The van der Waals surface area contributed by atoms with Crippen LogP contribution in [0.15, 0.2) is 18.3 Å². The molecule has 1 aromatic heterocycles. The van der Waals surface area contributed by atoms with Crippen molar-refractivity contribution in [3.63, 3.8) is 0 Å². The topological polar surface area (TPSA) is 94.7 Å². The van der Waals surface area contributed by atoms with Gasteiger partial charge < -0.3 is 20.3 Å². The highest BCUT2D eigenvalue weighted by atomic mass is 16.5. The summed E-state index contributed by atoms with van der Waals surface area (Å²) in [5.41, 5.74) is 4.20. The monoisotopic (exact) mass is 210 g/mol. The summed E-state index contributed by atoms with van der Waals surface area (Å²) >= 11 is 0. The summed E-state index contributed by atoms with van der Waals surface area (Å²) in [7, 11) is 0. The normalized spacial score (nSPS) is 17.9. The van der Waals surface area contributed by atoms with Crippen LogP contribution in [0, 0.1) is 0 Å². The van der Waals surface area contributed by atoms with E-state index in [1.54, 1.807) is 0 Å². The minimum atomic E-state index is -1.07. The Morgan fingerprint density at radius 2 is 2.40 bits per heavy atom. The lowest BCUT2D eigenvalue weighted by Crippen LogP contribution is -2.47. The number of nitrogens with zero attached hydrogens (tertiary/aromatic N) is 1. The first kappa shape index (κ1) is 9.88. The Hall–Kier alpha value is -1.66. The Morgan fingerprint density at radius 3 is 2.93 bits per heavy atom. The molecule has 2 rings (SSSR count). The zero-order chi connectivity index (χ0) is 10.9. The zero-order valence-corrected chi connectivity index (χ0v) is 7.84. The van der Waals surface area contributed by atoms with Gasteiger partial charge in [-0.25, -0.2) is 4.79 Å². The van der Waals surface area contributed by atoms with Crippen molar-refractivity contribution in [1.29, 1.82) is 0 Å². The predicted molar refractivity (Wildman–Crippen MR) is 49.2 cm³/mol. The molecule has 0 spiro atoms. The molecule has 1 aromatic rings. The van der Waals surface area contributed by atoms with Gasteiger partial charge in [-0.3, -0.25) is 4.98 Å². The van der Waals surface area contributed by atoms with Gasteiger partial charge in [-0.05, 0) is 6.07 Å². The molecule has 0 unspecified atom stereocenters. The number of carbonyl (C=O) groups excluding carboxylic acids is 1. The Balaban J connectivity index is 2.22. The maximum atomic E-state index is 10.5. The van der Waals surface area contributed by atoms with Crippen LogP contribution in [0.25, 0.3) is 0 Å². The molecule has 1 aliphatic heterocycles. The minimum Gasteiger partial charge on any atom is -0.410 e. The number of primary amides is 1. The van der Waals surface area contributed by atoms with E-state index in [2.05, 4.69) is 9.72 Å². The van der Waals surface area contributed by atoms with Crippen LogP contribution < -0.4 is 10.5 Å². The van der Waals surface area contributed by atoms with E-state index in [1.165, 1.54) is 18.3 Å². The Labute approximate surface area is 85.6 Å². The molecule has 1 fully saturated rings. The van der Waals surface area contributed by atoms with Crippen molar-refractivity contribution in [3.8, 4) is 5.75 Å². The number of amides is 1. The molecule has 0 aromatic carbocycles. The second-order valence-corrected chi connectivity index (χ2v) is 3.32. The summed E-state index contributed by atoms with van der Waals surface area (Å²) in [6.45, 7) is 0.389. The second kappa shape index (κ2) is 3.48. The average Bonchev–Trinajstić information content (AvgIpc) is 2.13. The van der Waals surface area contributed by atoms with Gasteiger partial charge in [0.15, 0.2) is 5.60 Å². The molecule has 15 heavy (non-hydrogen) atoms. The summed E-state index contributed by atoms with van der Waals surface area (Å²) in [5, 5.41) is 9.88. The van der Waals surface area contributed by atoms with Gasteiger partial charge in [-0.15, -0.1) is 0 Å². The van der Waals surface area contributed by atoms with Crippen molar-refractivity contribution in [1.82, 2.24) is 4.98 Å². The molecule has 0 saturated carbocycles. The average molecular weight is 210 g/mol. The highest BCUT2D eigenvalue weighted by molar-refractivity contribution is 5.68. The highest BCUT2D eigenvalue weighted by Crippen LogP contribution is 2.29. The summed E-state index contributed by atoms with van der Waals surface area (Å²) in [4.78, 5) is 14.5. The van der Waals surface area contributed by atoms with Crippen LogP contribution in [0.5, 0.6) is 5.75 Å². The number of nitrogens with two attached hydrogens (primary N) is 1. The number of hydrogen-bond donors (Lipinski definition) is 2. The van der Waals surface area contributed by atoms with Gasteiger partial charge >= 0.3 is 6.09 Å².